The van der Waals surface area contributed by atoms with Gasteiger partial charge in [-0.2, -0.15) is 13.2 Å². The topological polar surface area (TPSA) is 37.8 Å². The molecule has 0 aliphatic carbocycles. The van der Waals surface area contributed by atoms with E-state index in [4.69, 9.17) is 0 Å². The Morgan fingerprint density at radius 3 is 2.43 bits per heavy atom. The van der Waals surface area contributed by atoms with Gasteiger partial charge in [0.25, 0.3) is 0 Å². The van der Waals surface area contributed by atoms with Gasteiger partial charge in [-0.15, -0.1) is 0 Å². The first-order chi connectivity index (χ1) is 9.99. The van der Waals surface area contributed by atoms with E-state index in [-0.39, 0.29) is 17.9 Å². The van der Waals surface area contributed by atoms with E-state index >= 15 is 0 Å². The highest BCUT2D eigenvalue weighted by Crippen LogP contribution is 2.34. The van der Waals surface area contributed by atoms with E-state index in [1.807, 2.05) is 19.1 Å². The zero-order valence-electron chi connectivity index (χ0n) is 11.5. The lowest BCUT2D eigenvalue weighted by Crippen LogP contribution is -2.14. The van der Waals surface area contributed by atoms with Crippen molar-refractivity contribution in [2.24, 2.45) is 0 Å². The lowest BCUT2D eigenvalue weighted by atomic mass is 10.1. The molecular weight excluding hydrogens is 279 g/mol. The van der Waals surface area contributed by atoms with Crippen molar-refractivity contribution < 1.29 is 13.2 Å². The number of nitrogens with one attached hydrogen (secondary N) is 1. The van der Waals surface area contributed by atoms with Crippen molar-refractivity contribution in [2.75, 3.05) is 0 Å². The van der Waals surface area contributed by atoms with Crippen molar-refractivity contribution in [3.05, 3.63) is 46.8 Å². The molecule has 0 saturated carbocycles. The summed E-state index contributed by atoms with van der Waals surface area (Å²) in [6.07, 6.45) is -3.58. The van der Waals surface area contributed by atoms with Crippen LogP contribution < -0.4 is 5.32 Å². The Hall–Kier alpha value is -1.95. The summed E-state index contributed by atoms with van der Waals surface area (Å²) in [6.45, 7) is 2.54. The molecule has 0 amide bonds. The molecular formula is C15H14F3N3. The standard InChI is InChI=1S/C15H14F3N3/c1-2-9-3-5-10(6-4-9)14-20-12-8-19-7-11(12)13(21-14)15(16,17)18/h3-6,19H,2,7-8H2,1H3. The number of rotatable bonds is 2. The van der Waals surface area contributed by atoms with Gasteiger partial charge in [-0.3, -0.25) is 0 Å². The van der Waals surface area contributed by atoms with Crippen LogP contribution in [0.4, 0.5) is 13.2 Å². The number of nitrogens with zero attached hydrogens (tertiary/aromatic N) is 2. The second kappa shape index (κ2) is 5.11. The Morgan fingerprint density at radius 1 is 1.10 bits per heavy atom. The molecule has 1 aromatic heterocycles. The molecule has 0 radical (unpaired) electrons. The number of benzene rings is 1. The van der Waals surface area contributed by atoms with Crippen LogP contribution in [-0.2, 0) is 25.7 Å². The van der Waals surface area contributed by atoms with Gasteiger partial charge in [-0.25, -0.2) is 9.97 Å². The van der Waals surface area contributed by atoms with Gasteiger partial charge in [0.15, 0.2) is 11.5 Å². The second-order valence-corrected chi connectivity index (χ2v) is 4.97. The molecule has 0 atom stereocenters. The molecule has 0 unspecified atom stereocenters. The Balaban J connectivity index is 2.11. The summed E-state index contributed by atoms with van der Waals surface area (Å²) in [5.74, 6) is 0.132. The third-order valence-corrected chi connectivity index (χ3v) is 3.58. The summed E-state index contributed by atoms with van der Waals surface area (Å²) in [4.78, 5) is 8.04. The van der Waals surface area contributed by atoms with Crippen molar-refractivity contribution in [3.8, 4) is 11.4 Å². The molecule has 1 aliphatic rings. The minimum Gasteiger partial charge on any atom is -0.307 e. The van der Waals surface area contributed by atoms with Gasteiger partial charge in [0.1, 0.15) is 0 Å². The van der Waals surface area contributed by atoms with Crippen LogP contribution in [0.15, 0.2) is 24.3 Å². The van der Waals surface area contributed by atoms with Crippen LogP contribution in [0.1, 0.15) is 29.4 Å². The van der Waals surface area contributed by atoms with Crippen molar-refractivity contribution in [3.63, 3.8) is 0 Å². The molecule has 0 spiro atoms. The highest BCUT2D eigenvalue weighted by Gasteiger charge is 2.38. The molecule has 21 heavy (non-hydrogen) atoms. The van der Waals surface area contributed by atoms with Crippen molar-refractivity contribution in [1.82, 2.24) is 15.3 Å². The Kier molecular flexibility index (Phi) is 3.41. The maximum Gasteiger partial charge on any atom is 0.433 e. The first kappa shape index (κ1) is 14.0. The molecule has 2 heterocycles. The number of fused-ring (bicyclic) bond motifs is 1. The third-order valence-electron chi connectivity index (χ3n) is 3.58. The first-order valence-electron chi connectivity index (χ1n) is 6.76. The van der Waals surface area contributed by atoms with Crippen molar-refractivity contribution in [2.45, 2.75) is 32.6 Å². The molecule has 3 nitrogen and oxygen atoms in total. The van der Waals surface area contributed by atoms with Crippen molar-refractivity contribution in [1.29, 1.82) is 0 Å². The normalized spacial score (nSPS) is 14.3. The van der Waals surface area contributed by atoms with E-state index in [2.05, 4.69) is 15.3 Å². The number of hydrogen-bond donors (Lipinski definition) is 1. The highest BCUT2D eigenvalue weighted by molar-refractivity contribution is 5.57. The predicted molar refractivity (Wildman–Crippen MR) is 72.4 cm³/mol. The van der Waals surface area contributed by atoms with E-state index in [1.165, 1.54) is 0 Å². The molecule has 110 valence electrons. The maximum atomic E-state index is 13.1. The van der Waals surface area contributed by atoms with Crippen LogP contribution >= 0.6 is 0 Å². The molecule has 0 bridgehead atoms. The first-order valence-corrected chi connectivity index (χ1v) is 6.76. The fourth-order valence-corrected chi connectivity index (χ4v) is 2.42. The molecule has 3 rings (SSSR count). The predicted octanol–water partition coefficient (Wildman–Crippen LogP) is 3.33. The van der Waals surface area contributed by atoms with Gasteiger partial charge >= 0.3 is 6.18 Å². The second-order valence-electron chi connectivity index (χ2n) is 4.97. The summed E-state index contributed by atoms with van der Waals surface area (Å²) in [7, 11) is 0. The van der Waals surface area contributed by atoms with Gasteiger partial charge in [0, 0.05) is 24.2 Å². The van der Waals surface area contributed by atoms with E-state index in [0.717, 1.165) is 12.0 Å². The fraction of sp³-hybridized carbons (Fsp3) is 0.333. The van der Waals surface area contributed by atoms with Crippen LogP contribution in [0.3, 0.4) is 0 Å². The highest BCUT2D eigenvalue weighted by atomic mass is 19.4. The number of halogens is 3. The SMILES string of the molecule is CCc1ccc(-c2nc3c(c(C(F)(F)F)n2)CNC3)cc1. The molecule has 2 aromatic rings. The number of aromatic nitrogens is 2. The van der Waals surface area contributed by atoms with E-state index in [1.54, 1.807) is 12.1 Å². The van der Waals surface area contributed by atoms with Crippen molar-refractivity contribution >= 4 is 0 Å². The smallest absolute Gasteiger partial charge is 0.307 e. The number of hydrogen-bond acceptors (Lipinski definition) is 3. The largest absolute Gasteiger partial charge is 0.433 e. The zero-order chi connectivity index (χ0) is 15.0. The lowest BCUT2D eigenvalue weighted by molar-refractivity contribution is -0.141. The average Bonchev–Trinajstić information content (AvgIpc) is 2.93. The fourth-order valence-electron chi connectivity index (χ4n) is 2.42. The van der Waals surface area contributed by atoms with Gasteiger partial charge in [-0.05, 0) is 12.0 Å². The van der Waals surface area contributed by atoms with E-state index < -0.39 is 11.9 Å². The average molecular weight is 293 g/mol. The molecule has 6 heteroatoms. The third kappa shape index (κ3) is 2.63. The molecule has 1 aliphatic heterocycles. The number of aryl methyl sites for hydroxylation is 1. The van der Waals surface area contributed by atoms with E-state index in [9.17, 15) is 13.2 Å². The lowest BCUT2D eigenvalue weighted by Gasteiger charge is -2.12. The summed E-state index contributed by atoms with van der Waals surface area (Å²) < 4.78 is 39.4. The summed E-state index contributed by atoms with van der Waals surface area (Å²) in [5.41, 5.74) is 1.50. The van der Waals surface area contributed by atoms with Gasteiger partial charge in [-0.1, -0.05) is 31.2 Å². The minimum atomic E-state index is -4.46. The van der Waals surface area contributed by atoms with Gasteiger partial charge < -0.3 is 5.32 Å². The van der Waals surface area contributed by atoms with Crippen LogP contribution in [0.5, 0.6) is 0 Å². The monoisotopic (exact) mass is 293 g/mol. The van der Waals surface area contributed by atoms with Gasteiger partial charge in [0.05, 0.1) is 5.69 Å². The maximum absolute atomic E-state index is 13.1. The van der Waals surface area contributed by atoms with Gasteiger partial charge in [0.2, 0.25) is 0 Å². The van der Waals surface area contributed by atoms with Crippen LogP contribution in [0.25, 0.3) is 11.4 Å². The summed E-state index contributed by atoms with van der Waals surface area (Å²) >= 11 is 0. The van der Waals surface area contributed by atoms with Crippen LogP contribution in [0.2, 0.25) is 0 Å². The quantitative estimate of drug-likeness (QED) is 0.923. The Bertz CT molecular complexity index is 663. The minimum absolute atomic E-state index is 0.132. The molecule has 1 aromatic carbocycles. The zero-order valence-corrected chi connectivity index (χ0v) is 11.5. The van der Waals surface area contributed by atoms with Crippen LogP contribution in [0, 0.1) is 0 Å². The molecule has 0 saturated heterocycles. The van der Waals surface area contributed by atoms with E-state index in [0.29, 0.717) is 17.8 Å². The molecule has 0 fully saturated rings. The number of alkyl halides is 3. The Morgan fingerprint density at radius 2 is 1.81 bits per heavy atom. The Labute approximate surface area is 120 Å². The van der Waals surface area contributed by atoms with Crippen LogP contribution in [-0.4, -0.2) is 9.97 Å². The molecule has 1 N–H and O–H groups in total. The summed E-state index contributed by atoms with van der Waals surface area (Å²) in [5, 5.41) is 2.89. The summed E-state index contributed by atoms with van der Waals surface area (Å²) in [6, 6.07) is 7.31.